The van der Waals surface area contributed by atoms with E-state index in [0.29, 0.717) is 19.4 Å². The largest absolute Gasteiger partial charge is 0.465 e. The molecule has 1 aliphatic heterocycles. The highest BCUT2D eigenvalue weighted by atomic mass is 32.2. The molecule has 1 heterocycles. The summed E-state index contributed by atoms with van der Waals surface area (Å²) in [5.41, 5.74) is 0.981. The van der Waals surface area contributed by atoms with E-state index < -0.39 is 16.2 Å². The van der Waals surface area contributed by atoms with Gasteiger partial charge in [0.1, 0.15) is 0 Å². The molecule has 1 aromatic carbocycles. The molecule has 1 amide bonds. The molecule has 0 radical (unpaired) electrons. The van der Waals surface area contributed by atoms with Gasteiger partial charge in [0.2, 0.25) is 0 Å². The third-order valence-corrected chi connectivity index (χ3v) is 5.18. The highest BCUT2D eigenvalue weighted by molar-refractivity contribution is 7.86. The fourth-order valence-electron chi connectivity index (χ4n) is 2.65. The first-order valence-corrected chi connectivity index (χ1v) is 8.76. The lowest BCUT2D eigenvalue weighted by Crippen LogP contribution is -2.34. The summed E-state index contributed by atoms with van der Waals surface area (Å²) in [4.78, 5) is 12.6. The van der Waals surface area contributed by atoms with Gasteiger partial charge in [0.15, 0.2) is 0 Å². The Bertz CT molecular complexity index is 611. The van der Waals surface area contributed by atoms with E-state index in [4.69, 9.17) is 9.29 Å². The van der Waals surface area contributed by atoms with Gasteiger partial charge < -0.3 is 10.0 Å². The Morgan fingerprint density at radius 1 is 1.36 bits per heavy atom. The van der Waals surface area contributed by atoms with E-state index in [0.717, 1.165) is 18.4 Å². The molecule has 0 spiro atoms. The highest BCUT2D eigenvalue weighted by Crippen LogP contribution is 2.22. The van der Waals surface area contributed by atoms with Gasteiger partial charge in [0.25, 0.3) is 10.1 Å². The summed E-state index contributed by atoms with van der Waals surface area (Å²) < 4.78 is 29.0. The maximum atomic E-state index is 12.0. The Balaban J connectivity index is 1.81. The molecule has 122 valence electrons. The standard InChI is InChI=1S/C15H21NO5S/c1-12-6-8-14(9-7-12)22(19,20)21-11-3-5-13-4-2-10-16(13)15(17)18/h6-9,13H,2-5,10-11H2,1H3,(H,17,18). The van der Waals surface area contributed by atoms with Gasteiger partial charge >= 0.3 is 6.09 Å². The first-order valence-electron chi connectivity index (χ1n) is 7.36. The number of carboxylic acid groups (broad SMARTS) is 1. The lowest BCUT2D eigenvalue weighted by Gasteiger charge is -2.21. The Morgan fingerprint density at radius 2 is 2.05 bits per heavy atom. The van der Waals surface area contributed by atoms with Crippen molar-refractivity contribution in [2.24, 2.45) is 0 Å². The van der Waals surface area contributed by atoms with Crippen LogP contribution >= 0.6 is 0 Å². The summed E-state index contributed by atoms with van der Waals surface area (Å²) in [6.45, 7) is 2.51. The summed E-state index contributed by atoms with van der Waals surface area (Å²) in [7, 11) is -3.73. The molecule has 1 unspecified atom stereocenters. The number of likely N-dealkylation sites (tertiary alicyclic amines) is 1. The molecule has 0 aromatic heterocycles. The van der Waals surface area contributed by atoms with Crippen LogP contribution in [0.2, 0.25) is 0 Å². The van der Waals surface area contributed by atoms with Crippen LogP contribution in [0.1, 0.15) is 31.2 Å². The first-order chi connectivity index (χ1) is 10.4. The molecule has 0 aliphatic carbocycles. The van der Waals surface area contributed by atoms with Crippen molar-refractivity contribution in [2.75, 3.05) is 13.2 Å². The van der Waals surface area contributed by atoms with Crippen molar-refractivity contribution >= 4 is 16.2 Å². The van der Waals surface area contributed by atoms with Gasteiger partial charge in [-0.2, -0.15) is 8.42 Å². The molecule has 0 bridgehead atoms. The van der Waals surface area contributed by atoms with Crippen LogP contribution in [0, 0.1) is 6.92 Å². The summed E-state index contributed by atoms with van der Waals surface area (Å²) >= 11 is 0. The fraction of sp³-hybridized carbons (Fsp3) is 0.533. The van der Waals surface area contributed by atoms with Crippen LogP contribution in [0.4, 0.5) is 4.79 Å². The molecule has 1 fully saturated rings. The number of nitrogens with zero attached hydrogens (tertiary/aromatic N) is 1. The average Bonchev–Trinajstić information content (AvgIpc) is 2.93. The number of hydrogen-bond acceptors (Lipinski definition) is 4. The zero-order valence-corrected chi connectivity index (χ0v) is 13.4. The summed E-state index contributed by atoms with van der Waals surface area (Å²) in [6.07, 6.45) is 1.92. The van der Waals surface area contributed by atoms with Crippen LogP contribution in [-0.2, 0) is 14.3 Å². The monoisotopic (exact) mass is 327 g/mol. The predicted molar refractivity (Wildman–Crippen MR) is 81.3 cm³/mol. The molecule has 22 heavy (non-hydrogen) atoms. The van der Waals surface area contributed by atoms with Gasteiger partial charge in [0, 0.05) is 12.6 Å². The number of amides is 1. The van der Waals surface area contributed by atoms with Gasteiger partial charge in [0.05, 0.1) is 11.5 Å². The van der Waals surface area contributed by atoms with Crippen LogP contribution < -0.4 is 0 Å². The van der Waals surface area contributed by atoms with E-state index in [1.807, 2.05) is 6.92 Å². The molecule has 1 aliphatic rings. The van der Waals surface area contributed by atoms with Gasteiger partial charge in [-0.25, -0.2) is 4.79 Å². The van der Waals surface area contributed by atoms with E-state index >= 15 is 0 Å². The van der Waals surface area contributed by atoms with Crippen molar-refractivity contribution < 1.29 is 22.5 Å². The van der Waals surface area contributed by atoms with Crippen molar-refractivity contribution in [2.45, 2.75) is 43.5 Å². The van der Waals surface area contributed by atoms with Gasteiger partial charge in [-0.05, 0) is 44.7 Å². The molecule has 7 heteroatoms. The SMILES string of the molecule is Cc1ccc(S(=O)(=O)OCCCC2CCCN2C(=O)O)cc1. The van der Waals surface area contributed by atoms with Crippen LogP contribution in [0.5, 0.6) is 0 Å². The molecule has 1 saturated heterocycles. The molecular formula is C15H21NO5S. The molecule has 2 rings (SSSR count). The minimum Gasteiger partial charge on any atom is -0.465 e. The van der Waals surface area contributed by atoms with E-state index in [-0.39, 0.29) is 17.5 Å². The molecule has 1 N–H and O–H groups in total. The van der Waals surface area contributed by atoms with Crippen molar-refractivity contribution in [3.05, 3.63) is 29.8 Å². The second-order valence-electron chi connectivity index (χ2n) is 5.50. The third-order valence-electron chi connectivity index (χ3n) is 3.85. The molecule has 1 aromatic rings. The minimum atomic E-state index is -3.73. The van der Waals surface area contributed by atoms with Crippen molar-refractivity contribution in [3.63, 3.8) is 0 Å². The number of carbonyl (C=O) groups is 1. The highest BCUT2D eigenvalue weighted by Gasteiger charge is 2.27. The molecular weight excluding hydrogens is 306 g/mol. The third kappa shape index (κ3) is 4.20. The Kier molecular flexibility index (Phi) is 5.42. The Hall–Kier alpha value is -1.60. The maximum Gasteiger partial charge on any atom is 0.407 e. The lowest BCUT2D eigenvalue weighted by molar-refractivity contribution is 0.136. The smallest absolute Gasteiger partial charge is 0.407 e. The second kappa shape index (κ2) is 7.11. The van der Waals surface area contributed by atoms with E-state index in [1.54, 1.807) is 12.1 Å². The summed E-state index contributed by atoms with van der Waals surface area (Å²) in [5.74, 6) is 0. The number of hydrogen-bond donors (Lipinski definition) is 1. The van der Waals surface area contributed by atoms with Gasteiger partial charge in [-0.1, -0.05) is 17.7 Å². The van der Waals surface area contributed by atoms with Gasteiger partial charge in [-0.15, -0.1) is 0 Å². The lowest BCUT2D eigenvalue weighted by atomic mass is 10.1. The average molecular weight is 327 g/mol. The van der Waals surface area contributed by atoms with Gasteiger partial charge in [-0.3, -0.25) is 4.18 Å². The van der Waals surface area contributed by atoms with Crippen molar-refractivity contribution in [1.29, 1.82) is 0 Å². The first kappa shape index (κ1) is 16.8. The number of rotatable bonds is 6. The second-order valence-corrected chi connectivity index (χ2v) is 7.12. The van der Waals surface area contributed by atoms with Crippen LogP contribution in [-0.4, -0.2) is 43.7 Å². The van der Waals surface area contributed by atoms with E-state index in [9.17, 15) is 13.2 Å². The number of aryl methyl sites for hydroxylation is 1. The van der Waals surface area contributed by atoms with E-state index in [2.05, 4.69) is 0 Å². The summed E-state index contributed by atoms with van der Waals surface area (Å²) in [6, 6.07) is 6.46. The molecule has 1 atom stereocenters. The number of benzene rings is 1. The molecule has 0 saturated carbocycles. The quantitative estimate of drug-likeness (QED) is 0.641. The maximum absolute atomic E-state index is 12.0. The Morgan fingerprint density at radius 3 is 2.68 bits per heavy atom. The van der Waals surface area contributed by atoms with Crippen LogP contribution in [0.15, 0.2) is 29.2 Å². The zero-order valence-electron chi connectivity index (χ0n) is 12.6. The van der Waals surface area contributed by atoms with Crippen LogP contribution in [0.25, 0.3) is 0 Å². The van der Waals surface area contributed by atoms with E-state index in [1.165, 1.54) is 17.0 Å². The van der Waals surface area contributed by atoms with Crippen molar-refractivity contribution in [3.8, 4) is 0 Å². The molecule has 6 nitrogen and oxygen atoms in total. The topological polar surface area (TPSA) is 83.9 Å². The predicted octanol–water partition coefficient (Wildman–Crippen LogP) is 2.62. The minimum absolute atomic E-state index is 0.0248. The Labute approximate surface area is 130 Å². The summed E-state index contributed by atoms with van der Waals surface area (Å²) in [5, 5.41) is 9.04. The van der Waals surface area contributed by atoms with Crippen molar-refractivity contribution in [1.82, 2.24) is 4.90 Å². The normalized spacial score (nSPS) is 18.6. The van der Waals surface area contributed by atoms with Crippen LogP contribution in [0.3, 0.4) is 0 Å². The zero-order chi connectivity index (χ0) is 16.2. The fourth-order valence-corrected chi connectivity index (χ4v) is 3.59.